The van der Waals surface area contributed by atoms with E-state index in [0.29, 0.717) is 23.8 Å². The Morgan fingerprint density at radius 1 is 1.29 bits per heavy atom. The van der Waals surface area contributed by atoms with E-state index in [1.165, 1.54) is 33.4 Å². The summed E-state index contributed by atoms with van der Waals surface area (Å²) in [7, 11) is 1.62. The number of aliphatic hydroxyl groups is 1. The van der Waals surface area contributed by atoms with Crippen LogP contribution in [0.2, 0.25) is 0 Å². The van der Waals surface area contributed by atoms with Gasteiger partial charge in [0, 0.05) is 39.2 Å². The minimum Gasteiger partial charge on any atom is -0.494 e. The second kappa shape index (κ2) is 8.62. The molecular weight excluding hydrogens is 460 g/mol. The Kier molecular flexibility index (Phi) is 5.42. The van der Waals surface area contributed by atoms with E-state index in [4.69, 9.17) is 9.84 Å². The van der Waals surface area contributed by atoms with Gasteiger partial charge in [-0.25, -0.2) is 4.52 Å². The number of aryl methyl sites for hydroxylation is 1. The number of hydrogen-bond donors (Lipinski definition) is 1. The molecule has 0 atom stereocenters. The number of aliphatic hydroxyl groups excluding tert-OH is 1. The van der Waals surface area contributed by atoms with Crippen molar-refractivity contribution in [2.75, 3.05) is 13.7 Å². The molecule has 6 rings (SSSR count). The normalized spacial score (nSPS) is 13.7. The number of methoxy groups -OCH3 is 1. The summed E-state index contributed by atoms with van der Waals surface area (Å²) in [6.45, 7) is 2.61. The van der Waals surface area contributed by atoms with Crippen LogP contribution in [0.4, 0.5) is 0 Å². The third kappa shape index (κ3) is 3.73. The standard InChI is InChI=1S/C27H26N4O3S/c1-16-25(29-31-13-18(15-33)11-22(34-2)26(16)31)27-21(10-17-6-7-17)24-20(4-3-5-23(24)35-27)19-12-28-30(14-19)8-9-32/h3-5,11-15,17,32H,6-10H2,1-2H3. The van der Waals surface area contributed by atoms with Crippen molar-refractivity contribution in [1.29, 1.82) is 0 Å². The lowest BCUT2D eigenvalue weighted by Crippen LogP contribution is -2.01. The van der Waals surface area contributed by atoms with Gasteiger partial charge in [0.05, 0.1) is 31.3 Å². The highest BCUT2D eigenvalue weighted by Crippen LogP contribution is 2.47. The third-order valence-corrected chi connectivity index (χ3v) is 8.00. The fourth-order valence-electron chi connectivity index (χ4n) is 4.92. The van der Waals surface area contributed by atoms with Crippen LogP contribution < -0.4 is 4.74 Å². The Hall–Kier alpha value is -3.49. The molecule has 1 saturated carbocycles. The smallest absolute Gasteiger partial charge is 0.151 e. The molecule has 7 nitrogen and oxygen atoms in total. The van der Waals surface area contributed by atoms with Gasteiger partial charge in [-0.15, -0.1) is 11.3 Å². The molecule has 0 unspecified atom stereocenters. The van der Waals surface area contributed by atoms with Crippen molar-refractivity contribution in [2.24, 2.45) is 5.92 Å². The van der Waals surface area contributed by atoms with Gasteiger partial charge in [0.1, 0.15) is 17.0 Å². The zero-order valence-electron chi connectivity index (χ0n) is 19.7. The largest absolute Gasteiger partial charge is 0.494 e. The molecule has 1 aliphatic carbocycles. The summed E-state index contributed by atoms with van der Waals surface area (Å²) < 4.78 is 10.4. The van der Waals surface area contributed by atoms with Crippen LogP contribution in [0, 0.1) is 12.8 Å². The molecule has 35 heavy (non-hydrogen) atoms. The van der Waals surface area contributed by atoms with Crippen LogP contribution in [0.15, 0.2) is 42.9 Å². The summed E-state index contributed by atoms with van der Waals surface area (Å²) >= 11 is 1.77. The molecule has 0 aliphatic heterocycles. The van der Waals surface area contributed by atoms with E-state index in [9.17, 15) is 9.90 Å². The second-order valence-electron chi connectivity index (χ2n) is 9.18. The fourth-order valence-corrected chi connectivity index (χ4v) is 6.22. The van der Waals surface area contributed by atoms with Gasteiger partial charge in [-0.3, -0.25) is 9.48 Å². The molecule has 1 fully saturated rings. The average Bonchev–Trinajstić information content (AvgIpc) is 3.29. The first-order valence-electron chi connectivity index (χ1n) is 11.8. The van der Waals surface area contributed by atoms with Crippen LogP contribution in [0.1, 0.15) is 34.3 Å². The molecule has 1 N–H and O–H groups in total. The summed E-state index contributed by atoms with van der Waals surface area (Å²) in [5.41, 5.74) is 6.93. The summed E-state index contributed by atoms with van der Waals surface area (Å²) in [5.74, 6) is 1.35. The van der Waals surface area contributed by atoms with Gasteiger partial charge in [0.15, 0.2) is 6.29 Å². The van der Waals surface area contributed by atoms with Crippen molar-refractivity contribution in [3.05, 3.63) is 59.5 Å². The first-order valence-corrected chi connectivity index (χ1v) is 12.6. The number of aldehydes is 1. The van der Waals surface area contributed by atoms with E-state index in [1.807, 2.05) is 12.4 Å². The van der Waals surface area contributed by atoms with Crippen LogP contribution in [-0.2, 0) is 13.0 Å². The number of benzene rings is 1. The van der Waals surface area contributed by atoms with Gasteiger partial charge in [-0.2, -0.15) is 10.2 Å². The summed E-state index contributed by atoms with van der Waals surface area (Å²) in [6, 6.07) is 8.19. The highest BCUT2D eigenvalue weighted by atomic mass is 32.1. The van der Waals surface area contributed by atoms with E-state index in [0.717, 1.165) is 40.6 Å². The molecule has 1 aromatic carbocycles. The predicted molar refractivity (Wildman–Crippen MR) is 137 cm³/mol. The van der Waals surface area contributed by atoms with Crippen molar-refractivity contribution in [3.63, 3.8) is 0 Å². The lowest BCUT2D eigenvalue weighted by atomic mass is 9.96. The maximum Gasteiger partial charge on any atom is 0.151 e. The lowest BCUT2D eigenvalue weighted by molar-refractivity contribution is 0.112. The quantitative estimate of drug-likeness (QED) is 0.307. The predicted octanol–water partition coefficient (Wildman–Crippen LogP) is 5.15. The monoisotopic (exact) mass is 486 g/mol. The van der Waals surface area contributed by atoms with Gasteiger partial charge in [0.25, 0.3) is 0 Å². The fraction of sp³-hybridized carbons (Fsp3) is 0.296. The van der Waals surface area contributed by atoms with Gasteiger partial charge in [-0.1, -0.05) is 12.1 Å². The zero-order valence-corrected chi connectivity index (χ0v) is 20.5. The van der Waals surface area contributed by atoms with Crippen molar-refractivity contribution in [1.82, 2.24) is 19.4 Å². The Morgan fingerprint density at radius 2 is 2.14 bits per heavy atom. The highest BCUT2D eigenvalue weighted by molar-refractivity contribution is 7.22. The number of carbonyl (C=O) groups excluding carboxylic acids is 1. The van der Waals surface area contributed by atoms with Gasteiger partial charge >= 0.3 is 0 Å². The highest BCUT2D eigenvalue weighted by Gasteiger charge is 2.29. The van der Waals surface area contributed by atoms with Crippen LogP contribution in [0.5, 0.6) is 5.75 Å². The lowest BCUT2D eigenvalue weighted by Gasteiger charge is -2.07. The molecule has 8 heteroatoms. The van der Waals surface area contributed by atoms with Crippen LogP contribution in [-0.4, -0.2) is 44.5 Å². The SMILES string of the molecule is COc1cc(C=O)cn2nc(-c3sc4cccc(-c5cnn(CCO)c5)c4c3CC3CC3)c(C)c12. The Bertz CT molecular complexity index is 1570. The number of pyridine rings is 1. The second-order valence-corrected chi connectivity index (χ2v) is 10.2. The van der Waals surface area contributed by atoms with Crippen molar-refractivity contribution >= 4 is 33.2 Å². The van der Waals surface area contributed by atoms with Crippen molar-refractivity contribution < 1.29 is 14.6 Å². The molecule has 1 aliphatic rings. The summed E-state index contributed by atoms with van der Waals surface area (Å²) in [5, 5.41) is 20.0. The van der Waals surface area contributed by atoms with Crippen LogP contribution in [0.3, 0.4) is 0 Å². The number of fused-ring (bicyclic) bond motifs is 2. The minimum absolute atomic E-state index is 0.0588. The summed E-state index contributed by atoms with van der Waals surface area (Å²) in [4.78, 5) is 12.7. The molecular formula is C27H26N4O3S. The number of ether oxygens (including phenoxy) is 1. The first kappa shape index (κ1) is 22.0. The number of rotatable bonds is 8. The van der Waals surface area contributed by atoms with E-state index in [1.54, 1.807) is 39.9 Å². The Labute approximate surface area is 206 Å². The van der Waals surface area contributed by atoms with E-state index < -0.39 is 0 Å². The molecule has 0 radical (unpaired) electrons. The molecule has 4 aromatic heterocycles. The van der Waals surface area contributed by atoms with Gasteiger partial charge in [-0.05, 0) is 55.4 Å². The maximum atomic E-state index is 11.5. The molecule has 4 heterocycles. The van der Waals surface area contributed by atoms with Gasteiger partial charge in [0.2, 0.25) is 0 Å². The van der Waals surface area contributed by atoms with Crippen molar-refractivity contribution in [3.8, 4) is 27.4 Å². The molecule has 5 aromatic rings. The van der Waals surface area contributed by atoms with Crippen LogP contribution >= 0.6 is 11.3 Å². The summed E-state index contributed by atoms with van der Waals surface area (Å²) in [6.07, 6.45) is 10.00. The Morgan fingerprint density at radius 3 is 2.89 bits per heavy atom. The van der Waals surface area contributed by atoms with E-state index in [-0.39, 0.29) is 6.61 Å². The topological polar surface area (TPSA) is 81.7 Å². The zero-order chi connectivity index (χ0) is 24.1. The average molecular weight is 487 g/mol. The number of nitrogens with zero attached hydrogens (tertiary/aromatic N) is 4. The number of aromatic nitrogens is 4. The van der Waals surface area contributed by atoms with Crippen molar-refractivity contribution in [2.45, 2.75) is 32.7 Å². The maximum absolute atomic E-state index is 11.5. The number of carbonyl (C=O) groups is 1. The molecule has 0 saturated heterocycles. The molecule has 0 spiro atoms. The first-order chi connectivity index (χ1) is 17.1. The number of hydrogen-bond acceptors (Lipinski definition) is 6. The minimum atomic E-state index is 0.0588. The third-order valence-electron chi connectivity index (χ3n) is 6.80. The number of thiophene rings is 1. The van der Waals surface area contributed by atoms with E-state index in [2.05, 4.69) is 30.2 Å². The molecule has 0 amide bonds. The van der Waals surface area contributed by atoms with Crippen LogP contribution in [0.25, 0.3) is 37.3 Å². The van der Waals surface area contributed by atoms with Gasteiger partial charge < -0.3 is 9.84 Å². The van der Waals surface area contributed by atoms with E-state index >= 15 is 0 Å². The molecule has 0 bridgehead atoms. The Balaban J connectivity index is 1.59. The molecule has 178 valence electrons.